The van der Waals surface area contributed by atoms with Crippen molar-refractivity contribution in [1.29, 1.82) is 0 Å². The lowest BCUT2D eigenvalue weighted by atomic mass is 10.2. The molecule has 0 aliphatic carbocycles. The quantitative estimate of drug-likeness (QED) is 0.714. The number of piperazine rings is 1. The monoisotopic (exact) mass is 265 g/mol. The van der Waals surface area contributed by atoms with Crippen LogP contribution in [-0.4, -0.2) is 61.7 Å². The minimum Gasteiger partial charge on any atom is -0.349 e. The topological polar surface area (TPSA) is 64.3 Å². The first-order valence-electron chi connectivity index (χ1n) is 6.87. The molecule has 0 saturated carbocycles. The minimum absolute atomic E-state index is 0.0816. The molecule has 2 N–H and O–H groups in total. The largest absolute Gasteiger partial charge is 0.349 e. The average molecular weight is 265 g/mol. The van der Waals surface area contributed by atoms with Gasteiger partial charge in [0.2, 0.25) is 0 Å². The first-order valence-corrected chi connectivity index (χ1v) is 6.87. The third-order valence-corrected chi connectivity index (χ3v) is 3.48. The summed E-state index contributed by atoms with van der Waals surface area (Å²) < 4.78 is 0. The van der Waals surface area contributed by atoms with Gasteiger partial charge in [-0.15, -0.1) is 0 Å². The fourth-order valence-corrected chi connectivity index (χ4v) is 2.24. The van der Waals surface area contributed by atoms with Crippen molar-refractivity contribution in [3.8, 4) is 0 Å². The maximum absolute atomic E-state index is 11.9. The van der Waals surface area contributed by atoms with E-state index in [1.54, 1.807) is 6.20 Å². The van der Waals surface area contributed by atoms with Crippen molar-refractivity contribution < 1.29 is 0 Å². The molecule has 0 spiro atoms. The zero-order valence-corrected chi connectivity index (χ0v) is 11.8. The van der Waals surface area contributed by atoms with Gasteiger partial charge in [-0.05, 0) is 33.5 Å². The molecule has 6 heteroatoms. The lowest BCUT2D eigenvalue weighted by Gasteiger charge is -2.32. The Hall–Kier alpha value is -1.40. The van der Waals surface area contributed by atoms with Gasteiger partial charge in [0.25, 0.3) is 5.56 Å². The van der Waals surface area contributed by atoms with E-state index in [9.17, 15) is 4.79 Å². The molecule has 19 heavy (non-hydrogen) atoms. The summed E-state index contributed by atoms with van der Waals surface area (Å²) in [5.74, 6) is 0.579. The molecule has 1 aromatic heterocycles. The third kappa shape index (κ3) is 3.78. The minimum atomic E-state index is -0.0816. The van der Waals surface area contributed by atoms with Crippen LogP contribution in [0.5, 0.6) is 0 Å². The molecule has 2 rings (SSSR count). The lowest BCUT2D eigenvalue weighted by Crippen LogP contribution is -2.46. The average Bonchev–Trinajstić information content (AvgIpc) is 2.42. The van der Waals surface area contributed by atoms with Crippen molar-refractivity contribution in [3.63, 3.8) is 0 Å². The molecule has 1 saturated heterocycles. The van der Waals surface area contributed by atoms with Crippen molar-refractivity contribution in [2.45, 2.75) is 12.8 Å². The molecule has 0 unspecified atom stereocenters. The summed E-state index contributed by atoms with van der Waals surface area (Å²) in [7, 11) is 4.04. The third-order valence-electron chi connectivity index (χ3n) is 3.48. The van der Waals surface area contributed by atoms with E-state index in [1.165, 1.54) is 0 Å². The highest BCUT2D eigenvalue weighted by Crippen LogP contribution is 2.09. The predicted octanol–water partition coefficient (Wildman–Crippen LogP) is -0.326. The Kier molecular flexibility index (Phi) is 4.93. The highest BCUT2D eigenvalue weighted by molar-refractivity contribution is 5.37. The molecule has 1 aromatic rings. The number of nitrogens with one attached hydrogen (secondary N) is 2. The Balaban J connectivity index is 2.06. The molecular weight excluding hydrogens is 242 g/mol. The number of aromatic nitrogens is 2. The molecule has 0 radical (unpaired) electrons. The van der Waals surface area contributed by atoms with Gasteiger partial charge in [0.1, 0.15) is 0 Å². The molecule has 0 aromatic carbocycles. The van der Waals surface area contributed by atoms with E-state index >= 15 is 0 Å². The molecule has 2 heterocycles. The van der Waals surface area contributed by atoms with Crippen LogP contribution in [0.25, 0.3) is 0 Å². The number of rotatable bonds is 5. The number of hydrogen-bond acceptors (Lipinski definition) is 5. The second-order valence-electron chi connectivity index (χ2n) is 5.04. The van der Waals surface area contributed by atoms with E-state index < -0.39 is 0 Å². The van der Waals surface area contributed by atoms with E-state index in [0.29, 0.717) is 5.82 Å². The summed E-state index contributed by atoms with van der Waals surface area (Å²) in [4.78, 5) is 23.6. The van der Waals surface area contributed by atoms with Gasteiger partial charge < -0.3 is 20.1 Å². The van der Waals surface area contributed by atoms with Gasteiger partial charge >= 0.3 is 0 Å². The first kappa shape index (κ1) is 14.0. The molecule has 1 aliphatic heterocycles. The summed E-state index contributed by atoms with van der Waals surface area (Å²) >= 11 is 0. The van der Waals surface area contributed by atoms with Crippen LogP contribution in [0.3, 0.4) is 0 Å². The predicted molar refractivity (Wildman–Crippen MR) is 76.8 cm³/mol. The van der Waals surface area contributed by atoms with Crippen LogP contribution < -0.4 is 15.8 Å². The zero-order chi connectivity index (χ0) is 13.7. The van der Waals surface area contributed by atoms with Crippen LogP contribution in [0.4, 0.5) is 5.82 Å². The summed E-state index contributed by atoms with van der Waals surface area (Å²) in [6, 6.07) is 0. The van der Waals surface area contributed by atoms with Crippen LogP contribution >= 0.6 is 0 Å². The van der Waals surface area contributed by atoms with Gasteiger partial charge in [0.15, 0.2) is 5.82 Å². The van der Waals surface area contributed by atoms with Crippen LogP contribution in [0.1, 0.15) is 12.1 Å². The van der Waals surface area contributed by atoms with Gasteiger partial charge in [-0.3, -0.25) is 4.79 Å². The molecule has 0 bridgehead atoms. The maximum Gasteiger partial charge on any atom is 0.290 e. The van der Waals surface area contributed by atoms with Crippen molar-refractivity contribution in [2.75, 3.05) is 51.7 Å². The maximum atomic E-state index is 11.9. The van der Waals surface area contributed by atoms with E-state index in [1.807, 2.05) is 7.05 Å². The normalized spacial score (nSPS) is 16.8. The summed E-state index contributed by atoms with van der Waals surface area (Å²) in [6.07, 6.45) is 3.65. The Labute approximate surface area is 113 Å². The number of anilines is 1. The lowest BCUT2D eigenvalue weighted by molar-refractivity contribution is 0.311. The van der Waals surface area contributed by atoms with Gasteiger partial charge in [-0.1, -0.05) is 0 Å². The molecule has 1 fully saturated rings. The molecule has 1 aliphatic rings. The SMILES string of the molecule is CNCCCc1c[nH]c(=O)c(N2CCN(C)CC2)n1. The van der Waals surface area contributed by atoms with Crippen LogP contribution in [0.15, 0.2) is 11.0 Å². The standard InChI is InChI=1S/C13H23N5O/c1-14-5-3-4-11-10-15-13(19)12(16-11)18-8-6-17(2)7-9-18/h10,14H,3-9H2,1-2H3,(H,15,19). The van der Waals surface area contributed by atoms with Crippen LogP contribution in [-0.2, 0) is 6.42 Å². The van der Waals surface area contributed by atoms with Gasteiger partial charge in [-0.2, -0.15) is 0 Å². The molecule has 0 amide bonds. The summed E-state index contributed by atoms with van der Waals surface area (Å²) in [5.41, 5.74) is 0.880. The zero-order valence-electron chi connectivity index (χ0n) is 11.8. The van der Waals surface area contributed by atoms with Gasteiger partial charge in [-0.25, -0.2) is 4.98 Å². The second-order valence-corrected chi connectivity index (χ2v) is 5.04. The highest BCUT2D eigenvalue weighted by Gasteiger charge is 2.18. The summed E-state index contributed by atoms with van der Waals surface area (Å²) in [6.45, 7) is 4.65. The van der Waals surface area contributed by atoms with Crippen LogP contribution in [0.2, 0.25) is 0 Å². The Morgan fingerprint density at radius 2 is 2.11 bits per heavy atom. The van der Waals surface area contributed by atoms with E-state index in [4.69, 9.17) is 0 Å². The Bertz CT molecular complexity index is 451. The first-order chi connectivity index (χ1) is 9.20. The Morgan fingerprint density at radius 3 is 2.79 bits per heavy atom. The molecule has 6 nitrogen and oxygen atoms in total. The van der Waals surface area contributed by atoms with E-state index in [0.717, 1.165) is 51.3 Å². The van der Waals surface area contributed by atoms with E-state index in [2.05, 4.69) is 32.1 Å². The second kappa shape index (κ2) is 6.68. The number of H-pyrrole nitrogens is 1. The molecule has 0 atom stereocenters. The van der Waals surface area contributed by atoms with Crippen molar-refractivity contribution in [3.05, 3.63) is 22.2 Å². The van der Waals surface area contributed by atoms with Crippen molar-refractivity contribution >= 4 is 5.82 Å². The number of aromatic amines is 1. The number of nitrogens with zero attached hydrogens (tertiary/aromatic N) is 3. The molecule has 106 valence electrons. The smallest absolute Gasteiger partial charge is 0.290 e. The van der Waals surface area contributed by atoms with Crippen LogP contribution in [0, 0.1) is 0 Å². The number of hydrogen-bond donors (Lipinski definition) is 2. The van der Waals surface area contributed by atoms with Gasteiger partial charge in [0.05, 0.1) is 5.69 Å². The van der Waals surface area contributed by atoms with Crippen molar-refractivity contribution in [1.82, 2.24) is 20.2 Å². The Morgan fingerprint density at radius 1 is 1.37 bits per heavy atom. The number of aryl methyl sites for hydroxylation is 1. The van der Waals surface area contributed by atoms with Gasteiger partial charge in [0, 0.05) is 32.4 Å². The fraction of sp³-hybridized carbons (Fsp3) is 0.692. The fourth-order valence-electron chi connectivity index (χ4n) is 2.24. The van der Waals surface area contributed by atoms with E-state index in [-0.39, 0.29) is 5.56 Å². The molecular formula is C13H23N5O. The summed E-state index contributed by atoms with van der Waals surface area (Å²) in [5, 5.41) is 3.12. The number of likely N-dealkylation sites (N-methyl/N-ethyl adjacent to an activating group) is 1. The highest BCUT2D eigenvalue weighted by atomic mass is 16.1. The van der Waals surface area contributed by atoms with Crippen molar-refractivity contribution in [2.24, 2.45) is 0 Å².